The lowest BCUT2D eigenvalue weighted by Crippen LogP contribution is -2.21. The predicted molar refractivity (Wildman–Crippen MR) is 149 cm³/mol. The van der Waals surface area contributed by atoms with Gasteiger partial charge < -0.3 is 21.1 Å². The van der Waals surface area contributed by atoms with Gasteiger partial charge in [-0.2, -0.15) is 0 Å². The second kappa shape index (κ2) is 13.6. The number of thioether (sulfide) groups is 1. The number of hydrogen-bond donors (Lipinski definition) is 2. The molecule has 1 aliphatic carbocycles. The molecule has 2 unspecified atom stereocenters. The summed E-state index contributed by atoms with van der Waals surface area (Å²) in [5.41, 5.74) is 14.4. The van der Waals surface area contributed by atoms with Crippen molar-refractivity contribution >= 4 is 22.8 Å². The van der Waals surface area contributed by atoms with Crippen LogP contribution >= 0.6 is 11.8 Å². The maximum Gasteiger partial charge on any atom is 0.280 e. The van der Waals surface area contributed by atoms with Crippen LogP contribution < -0.4 is 16.2 Å². The van der Waals surface area contributed by atoms with Gasteiger partial charge in [-0.05, 0) is 48.1 Å². The molecule has 2 aromatic rings. The van der Waals surface area contributed by atoms with Crippen molar-refractivity contribution in [1.29, 1.82) is 0 Å². The third kappa shape index (κ3) is 7.45. The van der Waals surface area contributed by atoms with Crippen molar-refractivity contribution in [2.24, 2.45) is 22.4 Å². The average Bonchev–Trinajstić information content (AvgIpc) is 3.70. The number of nitrogens with zero attached hydrogens (tertiary/aromatic N) is 3. The molecule has 204 valence electrons. The summed E-state index contributed by atoms with van der Waals surface area (Å²) in [5, 5.41) is -0.194. The molecule has 38 heavy (non-hydrogen) atoms. The van der Waals surface area contributed by atoms with Gasteiger partial charge in [0.1, 0.15) is 16.8 Å². The number of pyridine rings is 1. The number of methoxy groups -OCH3 is 1. The lowest BCUT2D eigenvalue weighted by molar-refractivity contribution is -0.127. The number of aliphatic imine (C=N–C) groups is 1. The van der Waals surface area contributed by atoms with E-state index < -0.39 is 11.8 Å². The van der Waals surface area contributed by atoms with Gasteiger partial charge in [0.25, 0.3) is 6.43 Å². The van der Waals surface area contributed by atoms with Crippen LogP contribution in [0.2, 0.25) is 0 Å². The van der Waals surface area contributed by atoms with Crippen LogP contribution in [0.15, 0.2) is 35.5 Å². The SMILES string of the molecule is CC.COc1cnc(C(F)F)cc1-c1cc(C2CCN(C)C2=O)ccc1CN=C(N)SC(N)C#CC1CC1. The van der Waals surface area contributed by atoms with Crippen molar-refractivity contribution < 1.29 is 18.3 Å². The summed E-state index contributed by atoms with van der Waals surface area (Å²) in [6.45, 7) is 4.85. The fraction of sp³-hybridized carbons (Fsp3) is 0.464. The molecule has 1 saturated carbocycles. The second-order valence-corrected chi connectivity index (χ2v) is 10.0. The number of carbonyl (C=O) groups is 1. The molecular formula is C28H35F2N5O2S. The summed E-state index contributed by atoms with van der Waals surface area (Å²) in [6.07, 6.45) is 1.45. The number of ether oxygens (including phenoxy) is 1. The Balaban J connectivity index is 0.00000195. The predicted octanol–water partition coefficient (Wildman–Crippen LogP) is 4.91. The Bertz CT molecular complexity index is 1220. The van der Waals surface area contributed by atoms with Gasteiger partial charge in [-0.1, -0.05) is 49.6 Å². The van der Waals surface area contributed by atoms with Crippen LogP contribution in [0.1, 0.15) is 62.3 Å². The number of rotatable bonds is 7. The molecule has 7 nitrogen and oxygen atoms in total. The van der Waals surface area contributed by atoms with Gasteiger partial charge in [-0.15, -0.1) is 0 Å². The lowest BCUT2D eigenvalue weighted by atomic mass is 9.90. The third-order valence-corrected chi connectivity index (χ3v) is 6.99. The van der Waals surface area contributed by atoms with Gasteiger partial charge in [0.15, 0.2) is 5.17 Å². The number of likely N-dealkylation sites (tertiary alicyclic amines) is 1. The standard InChI is InChI=1S/C26H29F2N5O2S.C2H6/c1-33-10-9-18(25(33)34)16-6-7-17(13-32-26(30)36-23(29)8-5-15-3-4-15)19(11-16)20-12-21(24(27)28)31-14-22(20)35-2;1-2/h6-7,11-12,14-15,18,23-24H,3-4,9-10,13,29H2,1-2H3,(H2,30,32);1-2H3. The molecule has 2 heterocycles. The van der Waals surface area contributed by atoms with Crippen LogP contribution in [-0.4, -0.2) is 47.0 Å². The summed E-state index contributed by atoms with van der Waals surface area (Å²) >= 11 is 1.18. The minimum Gasteiger partial charge on any atom is -0.494 e. The number of amidine groups is 1. The van der Waals surface area contributed by atoms with Crippen molar-refractivity contribution in [1.82, 2.24) is 9.88 Å². The van der Waals surface area contributed by atoms with Crippen LogP contribution in [-0.2, 0) is 11.3 Å². The molecule has 1 aromatic heterocycles. The number of alkyl halides is 2. The molecule has 1 aromatic carbocycles. The van der Waals surface area contributed by atoms with Crippen molar-refractivity contribution in [3.63, 3.8) is 0 Å². The van der Waals surface area contributed by atoms with E-state index in [1.807, 2.05) is 32.0 Å². The highest BCUT2D eigenvalue weighted by Gasteiger charge is 2.31. The Morgan fingerprint density at radius 1 is 1.26 bits per heavy atom. The van der Waals surface area contributed by atoms with Gasteiger partial charge >= 0.3 is 0 Å². The van der Waals surface area contributed by atoms with E-state index in [1.54, 1.807) is 11.9 Å². The molecule has 1 saturated heterocycles. The highest BCUT2D eigenvalue weighted by Crippen LogP contribution is 2.38. The van der Waals surface area contributed by atoms with E-state index in [0.717, 1.165) is 24.0 Å². The first-order valence-corrected chi connectivity index (χ1v) is 13.6. The van der Waals surface area contributed by atoms with Gasteiger partial charge in [0, 0.05) is 25.1 Å². The van der Waals surface area contributed by atoms with Gasteiger partial charge in [0.05, 0.1) is 25.8 Å². The second-order valence-electron chi connectivity index (χ2n) is 8.88. The Morgan fingerprint density at radius 3 is 2.61 bits per heavy atom. The largest absolute Gasteiger partial charge is 0.494 e. The zero-order valence-electron chi connectivity index (χ0n) is 22.2. The molecule has 0 bridgehead atoms. The topological polar surface area (TPSA) is 107 Å². The zero-order valence-corrected chi connectivity index (χ0v) is 23.0. The van der Waals surface area contributed by atoms with Crippen molar-refractivity contribution in [3.8, 4) is 28.7 Å². The monoisotopic (exact) mass is 543 g/mol. The van der Waals surface area contributed by atoms with Gasteiger partial charge in [0.2, 0.25) is 5.91 Å². The summed E-state index contributed by atoms with van der Waals surface area (Å²) in [4.78, 5) is 22.6. The quantitative estimate of drug-likeness (QED) is 0.222. The molecule has 4 rings (SSSR count). The minimum absolute atomic E-state index is 0.0311. The van der Waals surface area contributed by atoms with Crippen LogP contribution in [0.25, 0.3) is 11.1 Å². The fourth-order valence-corrected chi connectivity index (χ4v) is 4.60. The molecule has 1 amide bonds. The molecule has 10 heteroatoms. The van der Waals surface area contributed by atoms with E-state index in [0.29, 0.717) is 35.8 Å². The first-order chi connectivity index (χ1) is 18.3. The zero-order chi connectivity index (χ0) is 27.8. The highest BCUT2D eigenvalue weighted by molar-refractivity contribution is 8.14. The average molecular weight is 544 g/mol. The molecule has 4 N–H and O–H groups in total. The lowest BCUT2D eigenvalue weighted by Gasteiger charge is -2.17. The Labute approximate surface area is 227 Å². The number of carbonyl (C=O) groups excluding carboxylic acids is 1. The third-order valence-electron chi connectivity index (χ3n) is 6.25. The van der Waals surface area contributed by atoms with Gasteiger partial charge in [-0.25, -0.2) is 8.78 Å². The molecule has 2 fully saturated rings. The summed E-state index contributed by atoms with van der Waals surface area (Å²) in [5.74, 6) is 6.62. The Morgan fingerprint density at radius 2 is 2.00 bits per heavy atom. The Hall–Kier alpha value is -3.16. The van der Waals surface area contributed by atoms with E-state index in [2.05, 4.69) is 21.8 Å². The van der Waals surface area contributed by atoms with Crippen LogP contribution in [0.5, 0.6) is 5.75 Å². The van der Waals surface area contributed by atoms with E-state index in [1.165, 1.54) is 31.1 Å². The molecule has 1 aliphatic heterocycles. The number of aromatic nitrogens is 1. The first kappa shape index (κ1) is 29.4. The van der Waals surface area contributed by atoms with Crippen LogP contribution in [0.4, 0.5) is 8.78 Å². The van der Waals surface area contributed by atoms with E-state index in [-0.39, 0.29) is 29.2 Å². The molecule has 2 atom stereocenters. The molecule has 0 spiro atoms. The summed E-state index contributed by atoms with van der Waals surface area (Å²) in [7, 11) is 3.23. The van der Waals surface area contributed by atoms with Crippen molar-refractivity contribution in [2.75, 3.05) is 20.7 Å². The maximum absolute atomic E-state index is 13.5. The summed E-state index contributed by atoms with van der Waals surface area (Å²) in [6, 6.07) is 6.91. The first-order valence-electron chi connectivity index (χ1n) is 12.7. The molecular weight excluding hydrogens is 508 g/mol. The number of halogens is 2. The van der Waals surface area contributed by atoms with E-state index in [4.69, 9.17) is 16.2 Å². The molecule has 2 aliphatic rings. The maximum atomic E-state index is 13.5. The Kier molecular flexibility index (Phi) is 10.5. The number of hydrogen-bond acceptors (Lipinski definition) is 6. The number of benzene rings is 1. The highest BCUT2D eigenvalue weighted by atomic mass is 32.2. The summed E-state index contributed by atoms with van der Waals surface area (Å²) < 4.78 is 32.4. The fourth-order valence-electron chi connectivity index (χ4n) is 4.07. The minimum atomic E-state index is -2.74. The number of amides is 1. The van der Waals surface area contributed by atoms with Crippen LogP contribution in [0, 0.1) is 17.8 Å². The van der Waals surface area contributed by atoms with E-state index in [9.17, 15) is 13.6 Å². The number of nitrogens with two attached hydrogens (primary N) is 2. The smallest absolute Gasteiger partial charge is 0.280 e. The van der Waals surface area contributed by atoms with Gasteiger partial charge in [-0.3, -0.25) is 14.8 Å². The molecule has 0 radical (unpaired) electrons. The van der Waals surface area contributed by atoms with Crippen molar-refractivity contribution in [2.45, 2.75) is 57.4 Å². The van der Waals surface area contributed by atoms with E-state index >= 15 is 0 Å². The van der Waals surface area contributed by atoms with Crippen molar-refractivity contribution in [3.05, 3.63) is 47.3 Å². The van der Waals surface area contributed by atoms with Crippen LogP contribution in [0.3, 0.4) is 0 Å². The normalized spacial score (nSPS) is 18.0. The number of likely N-dealkylation sites (N-methyl/N-ethyl adjacent to an activating group) is 1.